The Morgan fingerprint density at radius 1 is 1.19 bits per heavy atom. The van der Waals surface area contributed by atoms with Gasteiger partial charge in [0, 0.05) is 19.5 Å². The molecule has 112 valence electrons. The second-order valence-electron chi connectivity index (χ2n) is 6.25. The maximum absolute atomic E-state index is 12.3. The summed E-state index contributed by atoms with van der Waals surface area (Å²) in [6.45, 7) is 0.983. The molecule has 0 unspecified atom stereocenters. The first-order valence-corrected chi connectivity index (χ1v) is 7.71. The van der Waals surface area contributed by atoms with Crippen molar-refractivity contribution in [2.45, 2.75) is 32.1 Å². The first kappa shape index (κ1) is 14.1. The normalized spacial score (nSPS) is 24.7. The summed E-state index contributed by atoms with van der Waals surface area (Å²) in [5.41, 5.74) is 2.78. The van der Waals surface area contributed by atoms with E-state index in [-0.39, 0.29) is 11.8 Å². The highest BCUT2D eigenvalue weighted by atomic mass is 16.4. The molecule has 1 saturated heterocycles. The summed E-state index contributed by atoms with van der Waals surface area (Å²) in [6.07, 6.45) is 4.22. The zero-order chi connectivity index (χ0) is 14.8. The van der Waals surface area contributed by atoms with Gasteiger partial charge in [0.15, 0.2) is 0 Å². The lowest BCUT2D eigenvalue weighted by Crippen LogP contribution is -2.32. The van der Waals surface area contributed by atoms with Gasteiger partial charge in [-0.15, -0.1) is 0 Å². The molecular weight excluding hydrogens is 266 g/mol. The van der Waals surface area contributed by atoms with Crippen molar-refractivity contribution in [3.8, 4) is 0 Å². The van der Waals surface area contributed by atoms with Crippen molar-refractivity contribution in [1.82, 2.24) is 4.90 Å². The van der Waals surface area contributed by atoms with Gasteiger partial charge in [0.2, 0.25) is 5.91 Å². The van der Waals surface area contributed by atoms with Crippen LogP contribution in [0.4, 0.5) is 0 Å². The van der Waals surface area contributed by atoms with E-state index < -0.39 is 5.97 Å². The Labute approximate surface area is 124 Å². The third-order valence-corrected chi connectivity index (χ3v) is 4.80. The number of benzene rings is 1. The summed E-state index contributed by atoms with van der Waals surface area (Å²) in [6, 6.07) is 8.45. The van der Waals surface area contributed by atoms with Crippen LogP contribution in [0.3, 0.4) is 0 Å². The van der Waals surface area contributed by atoms with Crippen LogP contribution < -0.4 is 0 Å². The van der Waals surface area contributed by atoms with Gasteiger partial charge in [-0.25, -0.2) is 0 Å². The molecule has 2 atom stereocenters. The van der Waals surface area contributed by atoms with E-state index in [1.165, 1.54) is 11.1 Å². The summed E-state index contributed by atoms with van der Waals surface area (Å²) < 4.78 is 0. The van der Waals surface area contributed by atoms with Gasteiger partial charge in [-0.05, 0) is 42.7 Å². The van der Waals surface area contributed by atoms with Crippen LogP contribution in [0.25, 0.3) is 0 Å². The number of nitrogens with zero attached hydrogens (tertiary/aromatic N) is 1. The highest BCUT2D eigenvalue weighted by Crippen LogP contribution is 2.28. The van der Waals surface area contributed by atoms with Gasteiger partial charge in [0.05, 0.1) is 5.92 Å². The van der Waals surface area contributed by atoms with Gasteiger partial charge >= 0.3 is 5.97 Å². The number of hydrogen-bond donors (Lipinski definition) is 1. The molecule has 1 heterocycles. The van der Waals surface area contributed by atoms with Gasteiger partial charge < -0.3 is 10.0 Å². The van der Waals surface area contributed by atoms with Crippen LogP contribution >= 0.6 is 0 Å². The van der Waals surface area contributed by atoms with Crippen molar-refractivity contribution >= 4 is 11.9 Å². The molecule has 0 spiro atoms. The van der Waals surface area contributed by atoms with Gasteiger partial charge in [-0.2, -0.15) is 0 Å². The predicted octanol–water partition coefficient (Wildman–Crippen LogP) is 2.11. The molecule has 0 bridgehead atoms. The van der Waals surface area contributed by atoms with Crippen molar-refractivity contribution in [2.75, 3.05) is 13.1 Å². The molecule has 1 aromatic carbocycles. The van der Waals surface area contributed by atoms with Crippen LogP contribution in [0.1, 0.15) is 30.4 Å². The molecule has 1 aliphatic heterocycles. The fraction of sp³-hybridized carbons (Fsp3) is 0.529. The smallest absolute Gasteiger partial charge is 0.308 e. The first-order valence-electron chi connectivity index (χ1n) is 7.71. The number of carbonyl (C=O) groups excluding carboxylic acids is 1. The quantitative estimate of drug-likeness (QED) is 0.926. The van der Waals surface area contributed by atoms with E-state index in [0.29, 0.717) is 31.8 Å². The van der Waals surface area contributed by atoms with Gasteiger partial charge in [-0.3, -0.25) is 9.59 Å². The molecule has 1 aromatic rings. The second kappa shape index (κ2) is 5.88. The lowest BCUT2D eigenvalue weighted by molar-refractivity contribution is -0.141. The molecular formula is C17H21NO3. The summed E-state index contributed by atoms with van der Waals surface area (Å²) in [5.74, 6) is -0.627. The van der Waals surface area contributed by atoms with Crippen molar-refractivity contribution in [3.05, 3.63) is 35.4 Å². The number of amides is 1. The maximum atomic E-state index is 12.3. The minimum Gasteiger partial charge on any atom is -0.481 e. The topological polar surface area (TPSA) is 57.6 Å². The number of aliphatic carboxylic acids is 1. The number of carbonyl (C=O) groups is 2. The molecule has 1 fully saturated rings. The molecule has 4 nitrogen and oxygen atoms in total. The molecule has 1 N–H and O–H groups in total. The van der Waals surface area contributed by atoms with Crippen LogP contribution in [0, 0.1) is 11.8 Å². The average Bonchev–Trinajstić information content (AvgIpc) is 2.97. The Kier molecular flexibility index (Phi) is 3.95. The Bertz CT molecular complexity index is 555. The third-order valence-electron chi connectivity index (χ3n) is 4.80. The van der Waals surface area contributed by atoms with E-state index in [0.717, 1.165) is 19.3 Å². The monoisotopic (exact) mass is 287 g/mol. The molecule has 1 aliphatic carbocycles. The molecule has 1 amide bonds. The Morgan fingerprint density at radius 3 is 2.67 bits per heavy atom. The van der Waals surface area contributed by atoms with E-state index in [9.17, 15) is 9.59 Å². The summed E-state index contributed by atoms with van der Waals surface area (Å²) in [4.78, 5) is 25.0. The molecule has 21 heavy (non-hydrogen) atoms. The number of rotatable bonds is 3. The van der Waals surface area contributed by atoms with Crippen molar-refractivity contribution < 1.29 is 14.7 Å². The minimum atomic E-state index is -0.781. The Balaban J connectivity index is 1.56. The molecule has 3 rings (SSSR count). The highest BCUT2D eigenvalue weighted by Gasteiger charge is 2.32. The van der Waals surface area contributed by atoms with Gasteiger partial charge in [-0.1, -0.05) is 24.3 Å². The fourth-order valence-corrected chi connectivity index (χ4v) is 3.51. The summed E-state index contributed by atoms with van der Waals surface area (Å²) >= 11 is 0. The SMILES string of the molecule is O=C(O)[C@@H]1CCN(C(=O)C[C@H]2CCc3ccccc3C2)C1. The number of aryl methyl sites for hydroxylation is 1. The molecule has 0 radical (unpaired) electrons. The van der Waals surface area contributed by atoms with E-state index >= 15 is 0 Å². The van der Waals surface area contributed by atoms with E-state index in [4.69, 9.17) is 5.11 Å². The second-order valence-corrected chi connectivity index (χ2v) is 6.25. The lowest BCUT2D eigenvalue weighted by atomic mass is 9.82. The first-order chi connectivity index (χ1) is 10.1. The van der Waals surface area contributed by atoms with Crippen molar-refractivity contribution in [1.29, 1.82) is 0 Å². The van der Waals surface area contributed by atoms with Gasteiger partial charge in [0.1, 0.15) is 0 Å². The van der Waals surface area contributed by atoms with Crippen LogP contribution in [-0.4, -0.2) is 35.0 Å². The molecule has 2 aliphatic rings. The van der Waals surface area contributed by atoms with Crippen molar-refractivity contribution in [3.63, 3.8) is 0 Å². The van der Waals surface area contributed by atoms with E-state index in [1.54, 1.807) is 4.90 Å². The molecule has 0 aromatic heterocycles. The maximum Gasteiger partial charge on any atom is 0.308 e. The van der Waals surface area contributed by atoms with Crippen LogP contribution in [0.15, 0.2) is 24.3 Å². The third kappa shape index (κ3) is 3.09. The standard InChI is InChI=1S/C17H21NO3/c19-16(18-8-7-15(11-18)17(20)21)10-12-5-6-13-3-1-2-4-14(13)9-12/h1-4,12,15H,5-11H2,(H,20,21)/t12-,15+/m0/s1. The number of carboxylic acids is 1. The Morgan fingerprint density at radius 2 is 1.95 bits per heavy atom. The molecule has 4 heteroatoms. The number of likely N-dealkylation sites (tertiary alicyclic amines) is 1. The number of hydrogen-bond acceptors (Lipinski definition) is 2. The van der Waals surface area contributed by atoms with E-state index in [2.05, 4.69) is 24.3 Å². The zero-order valence-corrected chi connectivity index (χ0v) is 12.1. The Hall–Kier alpha value is -1.84. The van der Waals surface area contributed by atoms with Crippen LogP contribution in [0.2, 0.25) is 0 Å². The highest BCUT2D eigenvalue weighted by molar-refractivity contribution is 5.79. The van der Waals surface area contributed by atoms with Crippen molar-refractivity contribution in [2.24, 2.45) is 11.8 Å². The summed E-state index contributed by atoms with van der Waals surface area (Å²) in [5, 5.41) is 9.01. The van der Waals surface area contributed by atoms with Crippen LogP contribution in [-0.2, 0) is 22.4 Å². The number of carboxylic acid groups (broad SMARTS) is 1. The van der Waals surface area contributed by atoms with E-state index in [1.807, 2.05) is 0 Å². The average molecular weight is 287 g/mol. The lowest BCUT2D eigenvalue weighted by Gasteiger charge is -2.26. The largest absolute Gasteiger partial charge is 0.481 e. The zero-order valence-electron chi connectivity index (χ0n) is 12.1. The number of fused-ring (bicyclic) bond motifs is 1. The predicted molar refractivity (Wildman–Crippen MR) is 78.9 cm³/mol. The van der Waals surface area contributed by atoms with Crippen LogP contribution in [0.5, 0.6) is 0 Å². The fourth-order valence-electron chi connectivity index (χ4n) is 3.51. The van der Waals surface area contributed by atoms with Gasteiger partial charge in [0.25, 0.3) is 0 Å². The minimum absolute atomic E-state index is 0.128. The summed E-state index contributed by atoms with van der Waals surface area (Å²) in [7, 11) is 0. The molecule has 0 saturated carbocycles.